The number of ether oxygens (including phenoxy) is 3. The number of nitrogens with one attached hydrogen (secondary N) is 6. The van der Waals surface area contributed by atoms with Crippen LogP contribution in [0.15, 0.2) is 59.0 Å². The third kappa shape index (κ3) is 15.4. The summed E-state index contributed by atoms with van der Waals surface area (Å²) < 4.78 is 25.0. The van der Waals surface area contributed by atoms with Gasteiger partial charge in [-0.25, -0.2) is 14.2 Å². The van der Waals surface area contributed by atoms with Gasteiger partial charge in [0.15, 0.2) is 0 Å². The van der Waals surface area contributed by atoms with Crippen LogP contribution in [0.1, 0.15) is 65.7 Å². The Balaban J connectivity index is 0.854. The fourth-order valence-corrected chi connectivity index (χ4v) is 9.97. The van der Waals surface area contributed by atoms with Gasteiger partial charge in [0.05, 0.1) is 56.7 Å². The summed E-state index contributed by atoms with van der Waals surface area (Å²) in [6, 6.07) is 14.6. The quantitative estimate of drug-likeness (QED) is 0.0143. The summed E-state index contributed by atoms with van der Waals surface area (Å²) >= 11 is 1.88. The number of amides is 6. The molecule has 0 saturated carbocycles. The number of urea groups is 1. The molecular weight excluding hydrogens is 945 g/mol. The maximum Gasteiger partial charge on any atom is 0.336 e. The highest BCUT2D eigenvalue weighted by atomic mass is 32.2. The van der Waals surface area contributed by atoms with Crippen LogP contribution in [0.25, 0.3) is 33.4 Å². The number of terminal acetylenes is 1. The molecule has 1 aliphatic carbocycles. The number of carbonyl (C=O) groups excluding carboxylic acids is 5. The zero-order valence-corrected chi connectivity index (χ0v) is 42.3. The molecule has 0 spiro atoms. The van der Waals surface area contributed by atoms with Crippen LogP contribution in [0.4, 0.5) is 10.5 Å². The predicted octanol–water partition coefficient (Wildman–Crippen LogP) is 3.03. The van der Waals surface area contributed by atoms with Gasteiger partial charge in [0.1, 0.15) is 31.5 Å². The molecule has 20 heteroatoms. The molecule has 2 aromatic rings. The SMILES string of the molecule is C#CC[C@H](NC(=O)c1ccc(C(=O)O)c(-c2c3ccc(=[N+](C)C)cc-3oc3cc(N(C)C)ccc23)c1)C(=O)NCC(=O)NCCCOCCOCCOCCCNC(=O)CCCC[C@@H]1SC[C@@H]2NC(=O)N[C@@H]21. The summed E-state index contributed by atoms with van der Waals surface area (Å²) in [6.45, 7) is 2.95. The molecule has 3 heterocycles. The summed E-state index contributed by atoms with van der Waals surface area (Å²) in [7, 11) is 7.62. The monoisotopic (exact) mass is 1010 g/mol. The fourth-order valence-electron chi connectivity index (χ4n) is 8.42. The smallest absolute Gasteiger partial charge is 0.336 e. The minimum absolute atomic E-state index is 0.0387. The molecule has 2 fully saturated rings. The third-order valence-electron chi connectivity index (χ3n) is 12.3. The van der Waals surface area contributed by atoms with Crippen LogP contribution in [0.5, 0.6) is 0 Å². The van der Waals surface area contributed by atoms with Gasteiger partial charge in [-0.15, -0.1) is 12.3 Å². The lowest BCUT2D eigenvalue weighted by atomic mass is 9.89. The van der Waals surface area contributed by atoms with E-state index < -0.39 is 29.7 Å². The lowest BCUT2D eigenvalue weighted by Crippen LogP contribution is -2.49. The number of fused-ring (bicyclic) bond motifs is 3. The normalized spacial score (nSPS) is 16.3. The molecule has 3 aliphatic heterocycles. The Bertz CT molecular complexity index is 2650. The third-order valence-corrected chi connectivity index (χ3v) is 13.8. The molecule has 4 atom stereocenters. The van der Waals surface area contributed by atoms with Gasteiger partial charge in [0.2, 0.25) is 23.1 Å². The Morgan fingerprint density at radius 1 is 0.861 bits per heavy atom. The number of aromatic carboxylic acids is 1. The van der Waals surface area contributed by atoms with Gasteiger partial charge in [0.25, 0.3) is 5.91 Å². The van der Waals surface area contributed by atoms with Crippen LogP contribution in [0.3, 0.4) is 0 Å². The van der Waals surface area contributed by atoms with E-state index in [0.29, 0.717) is 105 Å². The molecule has 7 N–H and O–H groups in total. The first-order chi connectivity index (χ1) is 34.7. The van der Waals surface area contributed by atoms with Gasteiger partial charge in [0, 0.05) is 104 Å². The van der Waals surface area contributed by atoms with Crippen LogP contribution in [-0.4, -0.2) is 157 Å². The van der Waals surface area contributed by atoms with Gasteiger partial charge in [-0.05, 0) is 67.6 Å². The lowest BCUT2D eigenvalue weighted by molar-refractivity contribution is -0.127. The number of thioether (sulfide) groups is 1. The maximum absolute atomic E-state index is 13.8. The van der Waals surface area contributed by atoms with Crippen molar-refractivity contribution in [1.82, 2.24) is 36.5 Å². The summed E-state index contributed by atoms with van der Waals surface area (Å²) in [4.78, 5) is 77.9. The predicted molar refractivity (Wildman–Crippen MR) is 276 cm³/mol. The molecule has 2 aromatic carbocycles. The van der Waals surface area contributed by atoms with Gasteiger partial charge in [-0.3, -0.25) is 19.2 Å². The van der Waals surface area contributed by atoms with Crippen molar-refractivity contribution in [3.8, 4) is 34.8 Å². The highest BCUT2D eigenvalue weighted by molar-refractivity contribution is 8.00. The van der Waals surface area contributed by atoms with Crippen LogP contribution in [0.2, 0.25) is 0 Å². The Kier molecular flexibility index (Phi) is 20.7. The molecule has 2 saturated heterocycles. The zero-order valence-electron chi connectivity index (χ0n) is 41.4. The standard InChI is InChI=1S/C52H66N8O11S/c1-6-11-40(56-49(63)33-14-17-36(51(65)66)39(28-33)47-37-18-15-34(59(2)3)29-42(37)71-43-30-35(60(4)5)16-19-38(43)47)50(64)55-31-46(62)54-21-10-23-69-25-27-70-26-24-68-22-9-20-53-45(61)13-8-7-12-44-48-41(32-72-44)57-52(67)58-48/h1,14-19,28-30,40-41,44,48H,7-13,20-27,31-32H2,2-5H3,(H6-,53,54,55,56,57,58,61,62,63,64,65,66,67)/p+1/t40-,41-,44-,48-/m0/s1. The number of carbonyl (C=O) groups is 6. The summed E-state index contributed by atoms with van der Waals surface area (Å²) in [5.41, 5.74) is 2.89. The number of benzene rings is 3. The van der Waals surface area contributed by atoms with E-state index in [1.165, 1.54) is 18.2 Å². The largest absolute Gasteiger partial charge is 0.478 e. The highest BCUT2D eigenvalue weighted by Crippen LogP contribution is 2.42. The Labute approximate surface area is 423 Å². The average Bonchev–Trinajstić information content (AvgIpc) is 3.92. The Hall–Kier alpha value is -6.66. The molecule has 386 valence electrons. The van der Waals surface area contributed by atoms with E-state index in [9.17, 15) is 33.9 Å². The molecule has 6 amide bonds. The van der Waals surface area contributed by atoms with Crippen molar-refractivity contribution in [3.05, 3.63) is 71.1 Å². The van der Waals surface area contributed by atoms with E-state index >= 15 is 0 Å². The first-order valence-corrected chi connectivity index (χ1v) is 25.3. The van der Waals surface area contributed by atoms with E-state index in [1.807, 2.05) is 85.8 Å². The van der Waals surface area contributed by atoms with Crippen molar-refractivity contribution in [3.63, 3.8) is 0 Å². The van der Waals surface area contributed by atoms with E-state index in [1.54, 1.807) is 0 Å². The topological polar surface area (TPSA) is 242 Å². The number of rotatable bonds is 28. The summed E-state index contributed by atoms with van der Waals surface area (Å²) in [6.07, 6.45) is 9.88. The lowest BCUT2D eigenvalue weighted by Gasteiger charge is -2.20. The molecule has 0 unspecified atom stereocenters. The molecular formula is C52H67N8O11S+. The molecule has 6 rings (SSSR count). The number of nitrogens with zero attached hydrogens (tertiary/aromatic N) is 2. The number of anilines is 1. The average molecular weight is 1010 g/mol. The van der Waals surface area contributed by atoms with E-state index in [-0.39, 0.29) is 53.7 Å². The first-order valence-electron chi connectivity index (χ1n) is 24.3. The van der Waals surface area contributed by atoms with Crippen LogP contribution in [0, 0.1) is 12.3 Å². The van der Waals surface area contributed by atoms with Gasteiger partial charge < -0.3 is 60.5 Å². The first kappa shape index (κ1) is 54.7. The van der Waals surface area contributed by atoms with Crippen molar-refractivity contribution >= 4 is 64.0 Å². The van der Waals surface area contributed by atoms with Crippen molar-refractivity contribution < 1.29 is 52.5 Å². The summed E-state index contributed by atoms with van der Waals surface area (Å²) in [5.74, 6) is 0.914. The second-order valence-corrected chi connectivity index (χ2v) is 19.2. The van der Waals surface area contributed by atoms with Crippen molar-refractivity contribution in [1.29, 1.82) is 0 Å². The second-order valence-electron chi connectivity index (χ2n) is 18.0. The fraction of sp³-hybridized carbons (Fsp3) is 0.481. The van der Waals surface area contributed by atoms with Crippen LogP contribution in [-0.2, 0) is 28.6 Å². The number of unbranched alkanes of at least 4 members (excludes halogenated alkanes) is 1. The minimum atomic E-state index is -1.20. The minimum Gasteiger partial charge on any atom is -0.478 e. The molecule has 4 aliphatic rings. The van der Waals surface area contributed by atoms with Crippen LogP contribution >= 0.6 is 11.8 Å². The number of hydrogen-bond donors (Lipinski definition) is 7. The second kappa shape index (κ2) is 27.2. The van der Waals surface area contributed by atoms with E-state index in [2.05, 4.69) is 37.8 Å². The van der Waals surface area contributed by atoms with Crippen molar-refractivity contribution in [2.75, 3.05) is 98.1 Å². The number of carboxylic acids is 1. The van der Waals surface area contributed by atoms with Crippen molar-refractivity contribution in [2.24, 2.45) is 0 Å². The highest BCUT2D eigenvalue weighted by Gasteiger charge is 2.42. The molecule has 0 radical (unpaired) electrons. The van der Waals surface area contributed by atoms with Crippen LogP contribution < -0.4 is 46.7 Å². The molecule has 0 bridgehead atoms. The van der Waals surface area contributed by atoms with E-state index in [0.717, 1.165) is 36.1 Å². The summed E-state index contributed by atoms with van der Waals surface area (Å²) in [5, 5.41) is 29.1. The Morgan fingerprint density at radius 3 is 2.25 bits per heavy atom. The molecule has 19 nitrogen and oxygen atoms in total. The van der Waals surface area contributed by atoms with Gasteiger partial charge >= 0.3 is 12.0 Å². The maximum atomic E-state index is 13.8. The molecule has 72 heavy (non-hydrogen) atoms. The number of carboxylic acid groups (broad SMARTS) is 1. The van der Waals surface area contributed by atoms with E-state index in [4.69, 9.17) is 25.1 Å². The van der Waals surface area contributed by atoms with Crippen molar-refractivity contribution in [2.45, 2.75) is 68.3 Å². The van der Waals surface area contributed by atoms with Gasteiger partial charge in [-0.1, -0.05) is 6.42 Å². The zero-order chi connectivity index (χ0) is 51.6. The Morgan fingerprint density at radius 2 is 1.57 bits per heavy atom. The van der Waals surface area contributed by atoms with Gasteiger partial charge in [-0.2, -0.15) is 11.8 Å². The number of hydrogen-bond acceptors (Lipinski definition) is 12. The molecule has 0 aromatic heterocycles.